The van der Waals surface area contributed by atoms with E-state index in [4.69, 9.17) is 5.73 Å². The molecule has 3 rings (SSSR count). The molecule has 1 saturated carbocycles. The van der Waals surface area contributed by atoms with Crippen molar-refractivity contribution in [1.29, 1.82) is 0 Å². The summed E-state index contributed by atoms with van der Waals surface area (Å²) in [5, 5.41) is 16.8. The highest BCUT2D eigenvalue weighted by Crippen LogP contribution is 2.37. The van der Waals surface area contributed by atoms with Gasteiger partial charge in [-0.1, -0.05) is 30.7 Å². The third-order valence-electron chi connectivity index (χ3n) is 3.80. The molecule has 1 aromatic carbocycles. The highest BCUT2D eigenvalue weighted by Gasteiger charge is 2.21. The average molecular weight is 243 g/mol. The summed E-state index contributed by atoms with van der Waals surface area (Å²) in [5.41, 5.74) is 8.58. The van der Waals surface area contributed by atoms with E-state index in [0.29, 0.717) is 17.3 Å². The number of benzene rings is 1. The minimum atomic E-state index is -0.705. The van der Waals surface area contributed by atoms with Gasteiger partial charge in [-0.05, 0) is 29.9 Å². The van der Waals surface area contributed by atoms with Gasteiger partial charge in [0.1, 0.15) is 11.9 Å². The van der Waals surface area contributed by atoms with Crippen LogP contribution in [0.15, 0.2) is 30.5 Å². The first-order valence-corrected chi connectivity index (χ1v) is 6.32. The largest absolute Gasteiger partial charge is 0.384 e. The Hall–Kier alpha value is -1.81. The second-order valence-electron chi connectivity index (χ2n) is 4.94. The molecule has 1 fully saturated rings. The minimum absolute atomic E-state index is 0.427. The highest BCUT2D eigenvalue weighted by molar-refractivity contribution is 5.44. The van der Waals surface area contributed by atoms with E-state index in [1.807, 2.05) is 12.1 Å². The Balaban J connectivity index is 1.89. The van der Waals surface area contributed by atoms with E-state index in [-0.39, 0.29) is 0 Å². The van der Waals surface area contributed by atoms with Gasteiger partial charge < -0.3 is 10.8 Å². The number of nitrogens with one attached hydrogen (secondary N) is 1. The molecule has 4 N–H and O–H groups in total. The number of aromatic nitrogens is 2. The van der Waals surface area contributed by atoms with Gasteiger partial charge in [-0.2, -0.15) is 5.10 Å². The molecular formula is C14H17N3O. The molecule has 1 aliphatic carbocycles. The number of aromatic amines is 1. The van der Waals surface area contributed by atoms with Gasteiger partial charge in [0.25, 0.3) is 0 Å². The van der Waals surface area contributed by atoms with Crippen molar-refractivity contribution in [2.24, 2.45) is 0 Å². The summed E-state index contributed by atoms with van der Waals surface area (Å²) in [6, 6.07) is 8.15. The van der Waals surface area contributed by atoms with Gasteiger partial charge in [0.15, 0.2) is 0 Å². The Morgan fingerprint density at radius 3 is 2.83 bits per heavy atom. The topological polar surface area (TPSA) is 74.9 Å². The van der Waals surface area contributed by atoms with Crippen LogP contribution in [-0.2, 0) is 0 Å². The lowest BCUT2D eigenvalue weighted by atomic mass is 9.79. The number of aliphatic hydroxyl groups excluding tert-OH is 1. The Kier molecular flexibility index (Phi) is 2.80. The van der Waals surface area contributed by atoms with Crippen LogP contribution < -0.4 is 5.73 Å². The molecule has 1 atom stereocenters. The highest BCUT2D eigenvalue weighted by atomic mass is 16.3. The number of aliphatic hydroxyl groups is 1. The van der Waals surface area contributed by atoms with E-state index in [1.54, 1.807) is 6.20 Å². The van der Waals surface area contributed by atoms with E-state index in [2.05, 4.69) is 22.3 Å². The number of rotatable bonds is 3. The van der Waals surface area contributed by atoms with Gasteiger partial charge in [-0.15, -0.1) is 0 Å². The summed E-state index contributed by atoms with van der Waals surface area (Å²) in [7, 11) is 0. The molecule has 1 unspecified atom stereocenters. The lowest BCUT2D eigenvalue weighted by Crippen LogP contribution is -2.10. The standard InChI is InChI=1S/C14H17N3O/c15-14-12(8-16-17-14)13(18)11-6-2-5-10(7-11)9-3-1-4-9/h2,5-9,13,18H,1,3-4H2,(H3,15,16,17). The molecule has 94 valence electrons. The lowest BCUT2D eigenvalue weighted by molar-refractivity contribution is 0.221. The maximum atomic E-state index is 10.3. The van der Waals surface area contributed by atoms with Crippen molar-refractivity contribution in [3.05, 3.63) is 47.2 Å². The summed E-state index contributed by atoms with van der Waals surface area (Å²) >= 11 is 0. The zero-order chi connectivity index (χ0) is 12.5. The third-order valence-corrected chi connectivity index (χ3v) is 3.80. The number of nitrogens with two attached hydrogens (primary N) is 1. The summed E-state index contributed by atoms with van der Waals surface area (Å²) < 4.78 is 0. The smallest absolute Gasteiger partial charge is 0.125 e. The van der Waals surface area contributed by atoms with Crippen molar-refractivity contribution in [2.45, 2.75) is 31.3 Å². The first-order valence-electron chi connectivity index (χ1n) is 6.32. The fourth-order valence-corrected chi connectivity index (χ4v) is 2.43. The van der Waals surface area contributed by atoms with Crippen LogP contribution in [-0.4, -0.2) is 15.3 Å². The molecule has 4 heteroatoms. The maximum absolute atomic E-state index is 10.3. The predicted molar refractivity (Wildman–Crippen MR) is 70.1 cm³/mol. The molecule has 1 heterocycles. The molecule has 0 spiro atoms. The van der Waals surface area contributed by atoms with E-state index in [1.165, 1.54) is 24.8 Å². The number of nitrogens with zero attached hydrogens (tertiary/aromatic N) is 1. The van der Waals surface area contributed by atoms with Crippen LogP contribution in [0.4, 0.5) is 5.82 Å². The normalized spacial score (nSPS) is 17.4. The molecule has 0 radical (unpaired) electrons. The number of hydrogen-bond donors (Lipinski definition) is 3. The Morgan fingerprint density at radius 2 is 2.22 bits per heavy atom. The van der Waals surface area contributed by atoms with Crippen LogP contribution in [0.1, 0.15) is 48.0 Å². The zero-order valence-corrected chi connectivity index (χ0v) is 10.1. The molecule has 0 amide bonds. The Bertz CT molecular complexity index is 545. The maximum Gasteiger partial charge on any atom is 0.125 e. The zero-order valence-electron chi connectivity index (χ0n) is 10.1. The monoisotopic (exact) mass is 243 g/mol. The van der Waals surface area contributed by atoms with Crippen LogP contribution in [0.2, 0.25) is 0 Å². The molecular weight excluding hydrogens is 226 g/mol. The van der Waals surface area contributed by atoms with Gasteiger partial charge in [0.05, 0.1) is 6.20 Å². The first kappa shape index (κ1) is 11.3. The Morgan fingerprint density at radius 1 is 1.39 bits per heavy atom. The van der Waals surface area contributed by atoms with Crippen LogP contribution in [0, 0.1) is 0 Å². The van der Waals surface area contributed by atoms with Crippen molar-refractivity contribution in [2.75, 3.05) is 5.73 Å². The first-order chi connectivity index (χ1) is 8.75. The van der Waals surface area contributed by atoms with Crippen molar-refractivity contribution in [3.63, 3.8) is 0 Å². The van der Waals surface area contributed by atoms with Crippen molar-refractivity contribution < 1.29 is 5.11 Å². The number of H-pyrrole nitrogens is 1. The summed E-state index contributed by atoms with van der Waals surface area (Å²) in [4.78, 5) is 0. The van der Waals surface area contributed by atoms with Gasteiger partial charge in [-0.3, -0.25) is 5.10 Å². The van der Waals surface area contributed by atoms with Crippen LogP contribution in [0.25, 0.3) is 0 Å². The predicted octanol–water partition coefficient (Wildman–Crippen LogP) is 2.34. The van der Waals surface area contributed by atoms with Crippen molar-refractivity contribution in [3.8, 4) is 0 Å². The average Bonchev–Trinajstić information content (AvgIpc) is 2.73. The fourth-order valence-electron chi connectivity index (χ4n) is 2.43. The minimum Gasteiger partial charge on any atom is -0.384 e. The van der Waals surface area contributed by atoms with Gasteiger partial charge in [0, 0.05) is 5.56 Å². The second-order valence-corrected chi connectivity index (χ2v) is 4.94. The quantitative estimate of drug-likeness (QED) is 0.774. The van der Waals surface area contributed by atoms with Gasteiger partial charge >= 0.3 is 0 Å². The molecule has 0 saturated heterocycles. The van der Waals surface area contributed by atoms with Gasteiger partial charge in [-0.25, -0.2) is 0 Å². The van der Waals surface area contributed by atoms with E-state index < -0.39 is 6.10 Å². The second kappa shape index (κ2) is 4.46. The molecule has 18 heavy (non-hydrogen) atoms. The molecule has 1 aliphatic rings. The number of hydrogen-bond acceptors (Lipinski definition) is 3. The van der Waals surface area contributed by atoms with E-state index in [0.717, 1.165) is 5.56 Å². The summed E-state index contributed by atoms with van der Waals surface area (Å²) in [5.74, 6) is 1.09. The van der Waals surface area contributed by atoms with Crippen LogP contribution in [0.3, 0.4) is 0 Å². The molecule has 4 nitrogen and oxygen atoms in total. The van der Waals surface area contributed by atoms with Crippen LogP contribution >= 0.6 is 0 Å². The third kappa shape index (κ3) is 1.88. The van der Waals surface area contributed by atoms with Gasteiger partial charge in [0.2, 0.25) is 0 Å². The SMILES string of the molecule is Nc1[nH]ncc1C(O)c1cccc(C2CCC2)c1. The molecule has 0 bridgehead atoms. The van der Waals surface area contributed by atoms with Crippen molar-refractivity contribution >= 4 is 5.82 Å². The molecule has 0 aliphatic heterocycles. The molecule has 2 aromatic rings. The fraction of sp³-hybridized carbons (Fsp3) is 0.357. The van der Waals surface area contributed by atoms with Crippen molar-refractivity contribution in [1.82, 2.24) is 10.2 Å². The summed E-state index contributed by atoms with van der Waals surface area (Å²) in [6.45, 7) is 0. The number of anilines is 1. The van der Waals surface area contributed by atoms with Crippen LogP contribution in [0.5, 0.6) is 0 Å². The lowest BCUT2D eigenvalue weighted by Gasteiger charge is -2.26. The molecule has 1 aromatic heterocycles. The van der Waals surface area contributed by atoms with E-state index >= 15 is 0 Å². The Labute approximate surface area is 106 Å². The summed E-state index contributed by atoms with van der Waals surface area (Å²) in [6.07, 6.45) is 4.70. The number of nitrogen functional groups attached to an aromatic ring is 1. The van der Waals surface area contributed by atoms with E-state index in [9.17, 15) is 5.11 Å².